The Morgan fingerprint density at radius 1 is 1.11 bits per heavy atom. The predicted molar refractivity (Wildman–Crippen MR) is 117 cm³/mol. The van der Waals surface area contributed by atoms with Crippen LogP contribution in [0.25, 0.3) is 27.4 Å². The molecule has 2 heterocycles. The predicted octanol–water partition coefficient (Wildman–Crippen LogP) is 4.67. The van der Waals surface area contributed by atoms with Crippen LogP contribution in [-0.2, 0) is 4.79 Å². The summed E-state index contributed by atoms with van der Waals surface area (Å²) in [5, 5.41) is 2.40. The maximum Gasteiger partial charge on any atom is 0.281 e. The van der Waals surface area contributed by atoms with Gasteiger partial charge in [0.15, 0.2) is 0 Å². The standard InChI is InChI=1S/C21H14BrN3O2S/c22-17-9-5-4-8-15(17)10-11-18(26)24-25-13-23-20-19(21(25)27)16(12-28-20)14-6-2-1-3-7-14/h1-13H,(H,24,26)/b11-10+. The van der Waals surface area contributed by atoms with Gasteiger partial charge in [-0.1, -0.05) is 64.5 Å². The molecular formula is C21H14BrN3O2S. The Morgan fingerprint density at radius 2 is 1.86 bits per heavy atom. The molecule has 0 atom stereocenters. The number of fused-ring (bicyclic) bond motifs is 1. The zero-order chi connectivity index (χ0) is 19.5. The molecule has 0 aliphatic carbocycles. The summed E-state index contributed by atoms with van der Waals surface area (Å²) in [6.45, 7) is 0. The number of nitrogens with zero attached hydrogens (tertiary/aromatic N) is 2. The lowest BCUT2D eigenvalue weighted by atomic mass is 10.1. The average molecular weight is 452 g/mol. The smallest absolute Gasteiger partial charge is 0.268 e. The molecular weight excluding hydrogens is 438 g/mol. The molecule has 2 aromatic carbocycles. The second kappa shape index (κ2) is 7.92. The molecule has 0 aliphatic rings. The lowest BCUT2D eigenvalue weighted by molar-refractivity contribution is -0.112. The second-order valence-corrected chi connectivity index (χ2v) is 7.66. The van der Waals surface area contributed by atoms with Crippen LogP contribution in [0.1, 0.15) is 5.56 Å². The van der Waals surface area contributed by atoms with Crippen molar-refractivity contribution in [1.29, 1.82) is 0 Å². The number of rotatable bonds is 4. The topological polar surface area (TPSA) is 64.0 Å². The molecule has 4 rings (SSSR count). The molecule has 0 bridgehead atoms. The first-order valence-electron chi connectivity index (χ1n) is 8.41. The number of carbonyl (C=O) groups is 1. The minimum absolute atomic E-state index is 0.312. The number of carbonyl (C=O) groups excluding carboxylic acids is 1. The van der Waals surface area contributed by atoms with Gasteiger partial charge in [-0.05, 0) is 23.3 Å². The van der Waals surface area contributed by atoms with Crippen LogP contribution in [0.4, 0.5) is 0 Å². The van der Waals surface area contributed by atoms with E-state index in [9.17, 15) is 9.59 Å². The van der Waals surface area contributed by atoms with E-state index in [1.54, 1.807) is 6.08 Å². The number of amides is 1. The Hall–Kier alpha value is -3.03. The van der Waals surface area contributed by atoms with Gasteiger partial charge in [0.25, 0.3) is 11.5 Å². The van der Waals surface area contributed by atoms with Crippen molar-refractivity contribution in [2.24, 2.45) is 0 Å². The van der Waals surface area contributed by atoms with E-state index in [1.165, 1.54) is 23.7 Å². The second-order valence-electron chi connectivity index (χ2n) is 5.95. The molecule has 0 saturated heterocycles. The maximum absolute atomic E-state index is 12.9. The summed E-state index contributed by atoms with van der Waals surface area (Å²) >= 11 is 4.83. The fourth-order valence-electron chi connectivity index (χ4n) is 2.77. The first-order chi connectivity index (χ1) is 13.6. The van der Waals surface area contributed by atoms with Gasteiger partial charge in [0.05, 0.1) is 5.39 Å². The van der Waals surface area contributed by atoms with Crippen molar-refractivity contribution in [1.82, 2.24) is 9.66 Å². The monoisotopic (exact) mass is 451 g/mol. The fraction of sp³-hybridized carbons (Fsp3) is 0. The molecule has 0 fully saturated rings. The summed E-state index contributed by atoms with van der Waals surface area (Å²) in [4.78, 5) is 30.2. The van der Waals surface area contributed by atoms with E-state index in [0.717, 1.165) is 25.8 Å². The number of halogens is 1. The van der Waals surface area contributed by atoms with Crippen molar-refractivity contribution in [2.45, 2.75) is 0 Å². The number of nitrogens with one attached hydrogen (secondary N) is 1. The van der Waals surface area contributed by atoms with E-state index in [-0.39, 0.29) is 5.56 Å². The van der Waals surface area contributed by atoms with Gasteiger partial charge in [-0.3, -0.25) is 15.0 Å². The molecule has 7 heteroatoms. The minimum Gasteiger partial charge on any atom is -0.268 e. The average Bonchev–Trinajstić information content (AvgIpc) is 3.15. The molecule has 0 aliphatic heterocycles. The van der Waals surface area contributed by atoms with Crippen LogP contribution in [0.5, 0.6) is 0 Å². The van der Waals surface area contributed by atoms with Gasteiger partial charge >= 0.3 is 0 Å². The zero-order valence-corrected chi connectivity index (χ0v) is 16.9. The highest BCUT2D eigenvalue weighted by molar-refractivity contribution is 9.10. The summed E-state index contributed by atoms with van der Waals surface area (Å²) in [6.07, 6.45) is 4.39. The van der Waals surface area contributed by atoms with Crippen molar-refractivity contribution in [3.63, 3.8) is 0 Å². The third-order valence-corrected chi connectivity index (χ3v) is 5.74. The van der Waals surface area contributed by atoms with Crippen molar-refractivity contribution >= 4 is 49.5 Å². The third-order valence-electron chi connectivity index (χ3n) is 4.13. The van der Waals surface area contributed by atoms with E-state index in [2.05, 4.69) is 26.3 Å². The first-order valence-corrected chi connectivity index (χ1v) is 10.1. The quantitative estimate of drug-likeness (QED) is 0.458. The molecule has 0 saturated carbocycles. The minimum atomic E-state index is -0.421. The molecule has 4 aromatic rings. The Kier molecular flexibility index (Phi) is 5.18. The Balaban J connectivity index is 1.65. The highest BCUT2D eigenvalue weighted by Crippen LogP contribution is 2.30. The van der Waals surface area contributed by atoms with Crippen molar-refractivity contribution in [3.05, 3.63) is 92.8 Å². The summed E-state index contributed by atoms with van der Waals surface area (Å²) < 4.78 is 2.00. The number of hydrogen-bond donors (Lipinski definition) is 1. The van der Waals surface area contributed by atoms with Gasteiger partial charge in [-0.2, -0.15) is 0 Å². The van der Waals surface area contributed by atoms with Gasteiger partial charge in [-0.25, -0.2) is 9.66 Å². The molecule has 0 radical (unpaired) electrons. The lowest BCUT2D eigenvalue weighted by Crippen LogP contribution is -2.32. The first kappa shape index (κ1) is 18.3. The van der Waals surface area contributed by atoms with E-state index in [0.29, 0.717) is 10.2 Å². The van der Waals surface area contributed by atoms with Crippen molar-refractivity contribution < 1.29 is 4.79 Å². The van der Waals surface area contributed by atoms with Crippen molar-refractivity contribution in [3.8, 4) is 11.1 Å². The molecule has 138 valence electrons. The Bertz CT molecular complexity index is 1250. The van der Waals surface area contributed by atoms with Crippen LogP contribution in [0.2, 0.25) is 0 Å². The zero-order valence-electron chi connectivity index (χ0n) is 14.5. The van der Waals surface area contributed by atoms with Gasteiger partial charge < -0.3 is 0 Å². The summed E-state index contributed by atoms with van der Waals surface area (Å²) in [5.74, 6) is -0.421. The summed E-state index contributed by atoms with van der Waals surface area (Å²) in [7, 11) is 0. The number of aromatic nitrogens is 2. The van der Waals surface area contributed by atoms with E-state index in [1.807, 2.05) is 60.0 Å². The fourth-order valence-corrected chi connectivity index (χ4v) is 4.10. The van der Waals surface area contributed by atoms with Gasteiger partial charge in [-0.15, -0.1) is 11.3 Å². The summed E-state index contributed by atoms with van der Waals surface area (Å²) in [5.41, 5.74) is 4.86. The summed E-state index contributed by atoms with van der Waals surface area (Å²) in [6, 6.07) is 17.2. The van der Waals surface area contributed by atoms with E-state index in [4.69, 9.17) is 0 Å². The van der Waals surface area contributed by atoms with E-state index >= 15 is 0 Å². The largest absolute Gasteiger partial charge is 0.281 e. The Labute approximate surface area is 173 Å². The van der Waals surface area contributed by atoms with Crippen LogP contribution in [0.15, 0.2) is 81.6 Å². The van der Waals surface area contributed by atoms with Crippen LogP contribution in [0.3, 0.4) is 0 Å². The molecule has 1 N–H and O–H groups in total. The van der Waals surface area contributed by atoms with Gasteiger partial charge in [0, 0.05) is 21.5 Å². The molecule has 0 unspecified atom stereocenters. The van der Waals surface area contributed by atoms with Gasteiger partial charge in [0.1, 0.15) is 11.2 Å². The SMILES string of the molecule is O=C(/C=C/c1ccccc1Br)Nn1cnc2scc(-c3ccccc3)c2c1=O. The highest BCUT2D eigenvalue weighted by Gasteiger charge is 2.13. The Morgan fingerprint density at radius 3 is 2.64 bits per heavy atom. The third kappa shape index (κ3) is 3.67. The van der Waals surface area contributed by atoms with Crippen LogP contribution >= 0.6 is 27.3 Å². The van der Waals surface area contributed by atoms with Crippen LogP contribution in [-0.4, -0.2) is 15.6 Å². The molecule has 2 aromatic heterocycles. The lowest BCUT2D eigenvalue weighted by Gasteiger charge is -2.06. The van der Waals surface area contributed by atoms with Gasteiger partial charge in [0.2, 0.25) is 0 Å². The van der Waals surface area contributed by atoms with Crippen molar-refractivity contribution in [2.75, 3.05) is 5.43 Å². The van der Waals surface area contributed by atoms with E-state index < -0.39 is 5.91 Å². The van der Waals surface area contributed by atoms with Crippen LogP contribution in [0, 0.1) is 0 Å². The number of benzene rings is 2. The molecule has 28 heavy (non-hydrogen) atoms. The normalized spacial score (nSPS) is 11.2. The molecule has 5 nitrogen and oxygen atoms in total. The molecule has 0 spiro atoms. The van der Waals surface area contributed by atoms with Crippen LogP contribution < -0.4 is 11.0 Å². The number of hydrogen-bond acceptors (Lipinski definition) is 4. The highest BCUT2D eigenvalue weighted by atomic mass is 79.9. The maximum atomic E-state index is 12.9. The number of thiophene rings is 1. The molecule has 1 amide bonds.